The van der Waals surface area contributed by atoms with Gasteiger partial charge in [-0.15, -0.1) is 19.7 Å². The third-order valence-corrected chi connectivity index (χ3v) is 2.91. The van der Waals surface area contributed by atoms with Crippen LogP contribution in [0, 0.1) is 6.92 Å². The molecule has 0 heterocycles. The maximum Gasteiger partial charge on any atom is -0.00945 e. The fourth-order valence-corrected chi connectivity index (χ4v) is 2.20. The Bertz CT molecular complexity index is 410. The monoisotopic (exact) mass is 226 g/mol. The van der Waals surface area contributed by atoms with E-state index in [4.69, 9.17) is 0 Å². The van der Waals surface area contributed by atoms with Crippen molar-refractivity contribution in [2.24, 2.45) is 0 Å². The molecule has 0 aliphatic rings. The van der Waals surface area contributed by atoms with Crippen molar-refractivity contribution >= 4 is 0 Å². The minimum absolute atomic E-state index is 0.936. The molecule has 0 nitrogen and oxygen atoms in total. The molecule has 0 bridgehead atoms. The Kier molecular flexibility index (Phi) is 5.48. The molecular formula is C17H22. The van der Waals surface area contributed by atoms with E-state index in [-0.39, 0.29) is 0 Å². The van der Waals surface area contributed by atoms with E-state index in [1.807, 2.05) is 18.2 Å². The quantitative estimate of drug-likeness (QED) is 0.597. The topological polar surface area (TPSA) is 0 Å². The first-order chi connectivity index (χ1) is 8.22. The van der Waals surface area contributed by atoms with Crippen molar-refractivity contribution in [2.75, 3.05) is 0 Å². The fraction of sp³-hybridized carbons (Fsp3) is 0.294. The Hall–Kier alpha value is -1.56. The highest BCUT2D eigenvalue weighted by Crippen LogP contribution is 2.21. The summed E-state index contributed by atoms with van der Waals surface area (Å²) < 4.78 is 0. The molecule has 0 atom stereocenters. The highest BCUT2D eigenvalue weighted by atomic mass is 14.1. The van der Waals surface area contributed by atoms with E-state index in [9.17, 15) is 0 Å². The third kappa shape index (κ3) is 3.74. The summed E-state index contributed by atoms with van der Waals surface area (Å²) >= 11 is 0. The summed E-state index contributed by atoms with van der Waals surface area (Å²) in [7, 11) is 0. The van der Waals surface area contributed by atoms with Gasteiger partial charge in [0.05, 0.1) is 0 Å². The van der Waals surface area contributed by atoms with Gasteiger partial charge in [-0.05, 0) is 49.3 Å². The molecule has 0 aliphatic carbocycles. The predicted molar refractivity (Wildman–Crippen MR) is 77.5 cm³/mol. The molecule has 0 aromatic heterocycles. The molecule has 1 aromatic carbocycles. The number of aryl methyl sites for hydroxylation is 2. The van der Waals surface area contributed by atoms with E-state index < -0.39 is 0 Å². The molecule has 0 unspecified atom stereocenters. The van der Waals surface area contributed by atoms with Crippen molar-refractivity contribution in [2.45, 2.75) is 32.6 Å². The van der Waals surface area contributed by atoms with Gasteiger partial charge in [0, 0.05) is 0 Å². The zero-order chi connectivity index (χ0) is 12.7. The summed E-state index contributed by atoms with van der Waals surface area (Å²) in [4.78, 5) is 0. The van der Waals surface area contributed by atoms with Crippen molar-refractivity contribution in [3.8, 4) is 0 Å². The van der Waals surface area contributed by atoms with Gasteiger partial charge in [0.2, 0.25) is 0 Å². The van der Waals surface area contributed by atoms with E-state index in [0.29, 0.717) is 0 Å². The molecule has 17 heavy (non-hydrogen) atoms. The number of hydrogen-bond donors (Lipinski definition) is 0. The van der Waals surface area contributed by atoms with Crippen LogP contribution in [0.3, 0.4) is 0 Å². The Morgan fingerprint density at radius 3 is 2.18 bits per heavy atom. The average molecular weight is 226 g/mol. The minimum atomic E-state index is 0.936. The van der Waals surface area contributed by atoms with Crippen molar-refractivity contribution < 1.29 is 0 Å². The molecule has 0 N–H and O–H groups in total. The lowest BCUT2D eigenvalue weighted by atomic mass is 9.91. The summed E-state index contributed by atoms with van der Waals surface area (Å²) in [6.45, 7) is 13.6. The third-order valence-electron chi connectivity index (χ3n) is 2.91. The molecule has 0 saturated heterocycles. The van der Waals surface area contributed by atoms with Gasteiger partial charge in [-0.3, -0.25) is 0 Å². The van der Waals surface area contributed by atoms with Gasteiger partial charge in [0.1, 0.15) is 0 Å². The molecule has 0 saturated carbocycles. The Morgan fingerprint density at radius 2 is 1.59 bits per heavy atom. The van der Waals surface area contributed by atoms with E-state index in [1.165, 1.54) is 22.3 Å². The lowest BCUT2D eigenvalue weighted by molar-refractivity contribution is 0.960. The molecule has 0 aliphatic heterocycles. The van der Waals surface area contributed by atoms with E-state index >= 15 is 0 Å². The zero-order valence-electron chi connectivity index (χ0n) is 10.8. The van der Waals surface area contributed by atoms with Gasteiger partial charge in [-0.25, -0.2) is 0 Å². The first kappa shape index (κ1) is 13.5. The van der Waals surface area contributed by atoms with Crippen molar-refractivity contribution in [3.63, 3.8) is 0 Å². The van der Waals surface area contributed by atoms with Crippen molar-refractivity contribution in [1.82, 2.24) is 0 Å². The SMILES string of the molecule is C=CCCc1cc(C)cc(CC=C)c1CC=C. The van der Waals surface area contributed by atoms with Crippen LogP contribution in [0.4, 0.5) is 0 Å². The Balaban J connectivity index is 3.17. The summed E-state index contributed by atoms with van der Waals surface area (Å²) in [5.74, 6) is 0. The molecule has 0 spiro atoms. The van der Waals surface area contributed by atoms with E-state index in [1.54, 1.807) is 0 Å². The van der Waals surface area contributed by atoms with Gasteiger partial charge in [-0.1, -0.05) is 35.9 Å². The van der Waals surface area contributed by atoms with Crippen LogP contribution in [0.25, 0.3) is 0 Å². The second kappa shape index (κ2) is 6.90. The average Bonchev–Trinajstić information content (AvgIpc) is 2.30. The predicted octanol–water partition coefficient (Wildman–Crippen LogP) is 4.57. The van der Waals surface area contributed by atoms with Gasteiger partial charge >= 0.3 is 0 Å². The molecule has 0 radical (unpaired) electrons. The second-order valence-electron chi connectivity index (χ2n) is 4.37. The van der Waals surface area contributed by atoms with Gasteiger partial charge in [-0.2, -0.15) is 0 Å². The minimum Gasteiger partial charge on any atom is -0.103 e. The molecule has 0 amide bonds. The van der Waals surface area contributed by atoms with Crippen LogP contribution in [0.15, 0.2) is 50.1 Å². The number of hydrogen-bond acceptors (Lipinski definition) is 0. The maximum absolute atomic E-state index is 3.86. The van der Waals surface area contributed by atoms with Crippen LogP contribution in [-0.2, 0) is 19.3 Å². The second-order valence-corrected chi connectivity index (χ2v) is 4.37. The van der Waals surface area contributed by atoms with E-state index in [0.717, 1.165) is 25.7 Å². The fourth-order valence-electron chi connectivity index (χ4n) is 2.20. The normalized spacial score (nSPS) is 9.94. The van der Waals surface area contributed by atoms with Crippen LogP contribution in [-0.4, -0.2) is 0 Å². The summed E-state index contributed by atoms with van der Waals surface area (Å²) in [6, 6.07) is 4.55. The van der Waals surface area contributed by atoms with Crippen LogP contribution >= 0.6 is 0 Å². The molecule has 90 valence electrons. The zero-order valence-corrected chi connectivity index (χ0v) is 10.8. The first-order valence-corrected chi connectivity index (χ1v) is 6.16. The smallest absolute Gasteiger partial charge is 0.00945 e. The molecule has 1 aromatic rings. The standard InChI is InChI=1S/C17H22/c1-5-8-11-16-13-14(4)12-15(9-6-2)17(16)10-7-3/h5-7,12-13H,1-3,8-11H2,4H3. The Labute approximate surface area is 105 Å². The molecule has 1 rings (SSSR count). The van der Waals surface area contributed by atoms with E-state index in [2.05, 4.69) is 38.8 Å². The molecular weight excluding hydrogens is 204 g/mol. The van der Waals surface area contributed by atoms with Crippen molar-refractivity contribution in [3.05, 3.63) is 72.4 Å². The van der Waals surface area contributed by atoms with Crippen LogP contribution in [0.1, 0.15) is 28.7 Å². The van der Waals surface area contributed by atoms with Crippen LogP contribution < -0.4 is 0 Å². The van der Waals surface area contributed by atoms with Crippen LogP contribution in [0.5, 0.6) is 0 Å². The molecule has 0 heteroatoms. The van der Waals surface area contributed by atoms with Crippen LogP contribution in [0.2, 0.25) is 0 Å². The Morgan fingerprint density at radius 1 is 0.941 bits per heavy atom. The van der Waals surface area contributed by atoms with Gasteiger partial charge in [0.25, 0.3) is 0 Å². The number of benzene rings is 1. The highest BCUT2D eigenvalue weighted by molar-refractivity contribution is 5.41. The summed E-state index contributed by atoms with van der Waals surface area (Å²) in [6.07, 6.45) is 9.90. The number of rotatable bonds is 7. The lowest BCUT2D eigenvalue weighted by Gasteiger charge is -2.14. The number of allylic oxidation sites excluding steroid dienone is 3. The largest absolute Gasteiger partial charge is 0.103 e. The van der Waals surface area contributed by atoms with Crippen molar-refractivity contribution in [1.29, 1.82) is 0 Å². The highest BCUT2D eigenvalue weighted by Gasteiger charge is 2.07. The summed E-state index contributed by atoms with van der Waals surface area (Å²) in [5, 5.41) is 0. The van der Waals surface area contributed by atoms with Gasteiger partial charge in [0.15, 0.2) is 0 Å². The summed E-state index contributed by atoms with van der Waals surface area (Å²) in [5.41, 5.74) is 5.57. The molecule has 0 fully saturated rings. The lowest BCUT2D eigenvalue weighted by Crippen LogP contribution is -2.00. The first-order valence-electron chi connectivity index (χ1n) is 6.16. The van der Waals surface area contributed by atoms with Gasteiger partial charge < -0.3 is 0 Å². The maximum atomic E-state index is 3.86.